The van der Waals surface area contributed by atoms with Crippen molar-refractivity contribution in [2.24, 2.45) is 0 Å². The van der Waals surface area contributed by atoms with E-state index in [4.69, 9.17) is 12.2 Å². The lowest BCUT2D eigenvalue weighted by Gasteiger charge is -1.85. The van der Waals surface area contributed by atoms with Gasteiger partial charge in [0, 0.05) is 11.1 Å². The van der Waals surface area contributed by atoms with Gasteiger partial charge in [0.1, 0.15) is 0 Å². The Balaban J connectivity index is 2.93. The van der Waals surface area contributed by atoms with Crippen LogP contribution in [0.15, 0.2) is 18.3 Å². The van der Waals surface area contributed by atoms with Crippen molar-refractivity contribution in [3.05, 3.63) is 24.0 Å². The standard InChI is InChI=1S/C6H7NS/c1-5(8)6-3-2-4-7-6/h2-4,7H,1H3. The summed E-state index contributed by atoms with van der Waals surface area (Å²) in [5, 5.41) is 0. The fourth-order valence-electron chi connectivity index (χ4n) is 0.549. The normalized spacial score (nSPS) is 9.12. The third-order valence-corrected chi connectivity index (χ3v) is 1.20. The smallest absolute Gasteiger partial charge is 0.0519 e. The van der Waals surface area contributed by atoms with Crippen LogP contribution in [0.2, 0.25) is 0 Å². The molecule has 0 radical (unpaired) electrons. The summed E-state index contributed by atoms with van der Waals surface area (Å²) in [5.74, 6) is 0. The van der Waals surface area contributed by atoms with Gasteiger partial charge in [-0.1, -0.05) is 12.2 Å². The van der Waals surface area contributed by atoms with Crippen LogP contribution in [0.1, 0.15) is 12.6 Å². The molecule has 1 rings (SSSR count). The topological polar surface area (TPSA) is 15.8 Å². The lowest BCUT2D eigenvalue weighted by molar-refractivity contribution is 1.38. The van der Waals surface area contributed by atoms with Gasteiger partial charge in [0.05, 0.1) is 5.69 Å². The number of rotatable bonds is 1. The Bertz CT molecular complexity index is 176. The molecule has 2 heteroatoms. The third-order valence-electron chi connectivity index (χ3n) is 0.977. The minimum Gasteiger partial charge on any atom is -0.361 e. The van der Waals surface area contributed by atoms with Gasteiger partial charge < -0.3 is 4.98 Å². The van der Waals surface area contributed by atoms with Gasteiger partial charge in [-0.25, -0.2) is 0 Å². The van der Waals surface area contributed by atoms with Crippen LogP contribution in [0.3, 0.4) is 0 Å². The quantitative estimate of drug-likeness (QED) is 0.446. The molecular weight excluding hydrogens is 118 g/mol. The van der Waals surface area contributed by atoms with E-state index in [2.05, 4.69) is 4.98 Å². The molecule has 0 spiro atoms. The van der Waals surface area contributed by atoms with Crippen molar-refractivity contribution in [3.63, 3.8) is 0 Å². The Morgan fingerprint density at radius 3 is 2.75 bits per heavy atom. The predicted molar refractivity (Wildman–Crippen MR) is 38.2 cm³/mol. The number of aromatic nitrogens is 1. The number of thiocarbonyl (C=S) groups is 1. The first-order valence-electron chi connectivity index (χ1n) is 2.45. The van der Waals surface area contributed by atoms with E-state index in [-0.39, 0.29) is 0 Å². The van der Waals surface area contributed by atoms with Gasteiger partial charge in [-0.3, -0.25) is 0 Å². The maximum Gasteiger partial charge on any atom is 0.0519 e. The molecule has 0 aliphatic rings. The lowest BCUT2D eigenvalue weighted by Crippen LogP contribution is -1.87. The van der Waals surface area contributed by atoms with E-state index < -0.39 is 0 Å². The van der Waals surface area contributed by atoms with E-state index in [9.17, 15) is 0 Å². The number of H-pyrrole nitrogens is 1. The molecule has 1 N–H and O–H groups in total. The number of hydrogen-bond acceptors (Lipinski definition) is 1. The second-order valence-corrected chi connectivity index (χ2v) is 2.25. The molecule has 1 heterocycles. The Kier molecular flexibility index (Phi) is 1.44. The van der Waals surface area contributed by atoms with Crippen LogP contribution in [-0.4, -0.2) is 9.85 Å². The van der Waals surface area contributed by atoms with Crippen molar-refractivity contribution >= 4 is 17.1 Å². The molecule has 1 nitrogen and oxygen atoms in total. The van der Waals surface area contributed by atoms with Gasteiger partial charge in [0.25, 0.3) is 0 Å². The second kappa shape index (κ2) is 2.09. The van der Waals surface area contributed by atoms with Crippen LogP contribution in [0, 0.1) is 0 Å². The maximum absolute atomic E-state index is 4.88. The van der Waals surface area contributed by atoms with Gasteiger partial charge in [0.2, 0.25) is 0 Å². The van der Waals surface area contributed by atoms with E-state index in [1.54, 1.807) is 0 Å². The summed E-state index contributed by atoms with van der Waals surface area (Å²) in [6, 6.07) is 3.90. The molecule has 0 saturated carbocycles. The molecule has 8 heavy (non-hydrogen) atoms. The average molecular weight is 125 g/mol. The molecule has 1 aromatic heterocycles. The fraction of sp³-hybridized carbons (Fsp3) is 0.167. The minimum atomic E-state index is 0.912. The molecular formula is C6H7NS. The first-order valence-corrected chi connectivity index (χ1v) is 2.86. The lowest BCUT2D eigenvalue weighted by atomic mass is 10.3. The van der Waals surface area contributed by atoms with Crippen LogP contribution in [0.25, 0.3) is 0 Å². The molecule has 0 saturated heterocycles. The van der Waals surface area contributed by atoms with Crippen LogP contribution < -0.4 is 0 Å². The monoisotopic (exact) mass is 125 g/mol. The zero-order valence-corrected chi connectivity index (χ0v) is 5.46. The summed E-state index contributed by atoms with van der Waals surface area (Å²) in [6.07, 6.45) is 1.87. The van der Waals surface area contributed by atoms with Crippen molar-refractivity contribution in [3.8, 4) is 0 Å². The number of hydrogen-bond donors (Lipinski definition) is 1. The summed E-state index contributed by atoms with van der Waals surface area (Å²) < 4.78 is 0. The highest BCUT2D eigenvalue weighted by molar-refractivity contribution is 7.80. The summed E-state index contributed by atoms with van der Waals surface area (Å²) >= 11 is 4.88. The molecule has 0 fully saturated rings. The van der Waals surface area contributed by atoms with Gasteiger partial charge >= 0.3 is 0 Å². The van der Waals surface area contributed by atoms with Gasteiger partial charge in [0.15, 0.2) is 0 Å². The fourth-order valence-corrected chi connectivity index (χ4v) is 0.676. The van der Waals surface area contributed by atoms with Crippen molar-refractivity contribution in [2.75, 3.05) is 0 Å². The molecule has 0 aliphatic carbocycles. The van der Waals surface area contributed by atoms with Crippen LogP contribution >= 0.6 is 12.2 Å². The van der Waals surface area contributed by atoms with Crippen LogP contribution in [0.5, 0.6) is 0 Å². The molecule has 0 unspecified atom stereocenters. The Labute approximate surface area is 53.7 Å². The zero-order chi connectivity index (χ0) is 5.98. The molecule has 0 aromatic carbocycles. The van der Waals surface area contributed by atoms with E-state index in [1.165, 1.54) is 0 Å². The second-order valence-electron chi connectivity index (χ2n) is 1.64. The van der Waals surface area contributed by atoms with Crippen molar-refractivity contribution in [2.45, 2.75) is 6.92 Å². The molecule has 0 bridgehead atoms. The zero-order valence-electron chi connectivity index (χ0n) is 4.64. The van der Waals surface area contributed by atoms with Gasteiger partial charge in [-0.05, 0) is 19.1 Å². The molecule has 1 aromatic rings. The summed E-state index contributed by atoms with van der Waals surface area (Å²) in [5.41, 5.74) is 1.04. The summed E-state index contributed by atoms with van der Waals surface area (Å²) in [6.45, 7) is 1.90. The largest absolute Gasteiger partial charge is 0.361 e. The molecule has 0 atom stereocenters. The molecule has 0 aliphatic heterocycles. The Hall–Kier alpha value is -0.630. The van der Waals surface area contributed by atoms with Crippen molar-refractivity contribution < 1.29 is 0 Å². The van der Waals surface area contributed by atoms with E-state index in [1.807, 2.05) is 25.3 Å². The summed E-state index contributed by atoms with van der Waals surface area (Å²) in [7, 11) is 0. The van der Waals surface area contributed by atoms with Gasteiger partial charge in [-0.15, -0.1) is 0 Å². The van der Waals surface area contributed by atoms with Crippen molar-refractivity contribution in [1.29, 1.82) is 0 Å². The van der Waals surface area contributed by atoms with Crippen molar-refractivity contribution in [1.82, 2.24) is 4.98 Å². The first-order chi connectivity index (χ1) is 3.80. The SMILES string of the molecule is CC(=S)c1ccc[nH]1. The van der Waals surface area contributed by atoms with E-state index >= 15 is 0 Å². The highest BCUT2D eigenvalue weighted by Crippen LogP contribution is 1.95. The average Bonchev–Trinajstić information content (AvgIpc) is 2.12. The molecule has 42 valence electrons. The third kappa shape index (κ3) is 0.954. The Morgan fingerprint density at radius 2 is 2.50 bits per heavy atom. The van der Waals surface area contributed by atoms with E-state index in [0.717, 1.165) is 10.6 Å². The first kappa shape index (κ1) is 5.51. The van der Waals surface area contributed by atoms with E-state index in [0.29, 0.717) is 0 Å². The highest BCUT2D eigenvalue weighted by atomic mass is 32.1. The summed E-state index contributed by atoms with van der Waals surface area (Å²) in [4.78, 5) is 3.91. The highest BCUT2D eigenvalue weighted by Gasteiger charge is 1.89. The van der Waals surface area contributed by atoms with Crippen LogP contribution in [0.4, 0.5) is 0 Å². The Morgan fingerprint density at radius 1 is 1.75 bits per heavy atom. The number of nitrogens with one attached hydrogen (secondary N) is 1. The van der Waals surface area contributed by atoms with Crippen LogP contribution in [-0.2, 0) is 0 Å². The maximum atomic E-state index is 4.88. The minimum absolute atomic E-state index is 0.912. The van der Waals surface area contributed by atoms with Gasteiger partial charge in [-0.2, -0.15) is 0 Å². The number of aromatic amines is 1. The molecule has 0 amide bonds. The predicted octanol–water partition coefficient (Wildman–Crippen LogP) is 1.75.